The van der Waals surface area contributed by atoms with Crippen LogP contribution in [0, 0.1) is 0 Å². The molecule has 2 aromatic carbocycles. The number of carbonyl (C=O) groups is 1. The third-order valence-electron chi connectivity index (χ3n) is 5.26. The monoisotopic (exact) mass is 411 g/mol. The minimum Gasteiger partial charge on any atom is -0.493 e. The van der Waals surface area contributed by atoms with E-state index in [0.717, 1.165) is 24.0 Å². The molecule has 0 spiro atoms. The molecular formula is C23H22ClNO4. The number of likely N-dealkylation sites (tertiary alicyclic amines) is 1. The van der Waals surface area contributed by atoms with Gasteiger partial charge in [-0.1, -0.05) is 29.8 Å². The summed E-state index contributed by atoms with van der Waals surface area (Å²) in [5.74, 6) is 2.10. The average molecular weight is 412 g/mol. The van der Waals surface area contributed by atoms with Crippen LogP contribution in [0.15, 0.2) is 59.0 Å². The second-order valence-corrected chi connectivity index (χ2v) is 7.32. The molecule has 0 aliphatic carbocycles. The molecule has 0 radical (unpaired) electrons. The maximum absolute atomic E-state index is 13.2. The lowest BCUT2D eigenvalue weighted by Crippen LogP contribution is -2.30. The summed E-state index contributed by atoms with van der Waals surface area (Å²) < 4.78 is 16.6. The minimum atomic E-state index is -0.124. The van der Waals surface area contributed by atoms with E-state index in [1.54, 1.807) is 32.4 Å². The highest BCUT2D eigenvalue weighted by molar-refractivity contribution is 6.33. The molecule has 6 heteroatoms. The lowest BCUT2D eigenvalue weighted by Gasteiger charge is -2.25. The third kappa shape index (κ3) is 3.70. The number of halogens is 1. The average Bonchev–Trinajstić information content (AvgIpc) is 3.43. The van der Waals surface area contributed by atoms with Crippen molar-refractivity contribution in [2.45, 2.75) is 18.9 Å². The zero-order valence-corrected chi connectivity index (χ0v) is 17.1. The zero-order valence-electron chi connectivity index (χ0n) is 16.4. The number of hydrogen-bond acceptors (Lipinski definition) is 4. The molecule has 5 nitrogen and oxygen atoms in total. The van der Waals surface area contributed by atoms with Gasteiger partial charge in [-0.05, 0) is 54.8 Å². The molecule has 1 aliphatic rings. The first kappa shape index (κ1) is 19.4. The van der Waals surface area contributed by atoms with E-state index < -0.39 is 0 Å². The van der Waals surface area contributed by atoms with Gasteiger partial charge in [-0.25, -0.2) is 0 Å². The van der Waals surface area contributed by atoms with Gasteiger partial charge in [0.1, 0.15) is 5.76 Å². The first-order valence-electron chi connectivity index (χ1n) is 9.50. The second kappa shape index (κ2) is 8.21. The van der Waals surface area contributed by atoms with Crippen molar-refractivity contribution in [3.05, 3.63) is 70.9 Å². The van der Waals surface area contributed by atoms with Crippen LogP contribution in [0.25, 0.3) is 11.3 Å². The van der Waals surface area contributed by atoms with Gasteiger partial charge < -0.3 is 18.8 Å². The van der Waals surface area contributed by atoms with Crippen LogP contribution in [0.3, 0.4) is 0 Å². The van der Waals surface area contributed by atoms with Gasteiger partial charge >= 0.3 is 0 Å². The topological polar surface area (TPSA) is 51.9 Å². The molecule has 150 valence electrons. The Hall–Kier alpha value is -2.92. The summed E-state index contributed by atoms with van der Waals surface area (Å²) in [6.45, 7) is 0.681. The summed E-state index contributed by atoms with van der Waals surface area (Å²) in [5.41, 5.74) is 1.79. The standard InChI is InChI=1S/C23H22ClNO4/c1-27-20-10-9-15(14-22(20)28-2)18-8-5-13-25(18)23(26)21-12-11-19(29-21)16-6-3-4-7-17(16)24/h3-4,6-7,9-12,14,18H,5,8,13H2,1-2H3. The van der Waals surface area contributed by atoms with Crippen molar-refractivity contribution in [1.82, 2.24) is 4.90 Å². The smallest absolute Gasteiger partial charge is 0.290 e. The highest BCUT2D eigenvalue weighted by Gasteiger charge is 2.32. The summed E-state index contributed by atoms with van der Waals surface area (Å²) in [6, 6.07) is 16.7. The third-order valence-corrected chi connectivity index (χ3v) is 5.59. The second-order valence-electron chi connectivity index (χ2n) is 6.91. The predicted molar refractivity (Wildman–Crippen MR) is 112 cm³/mol. The van der Waals surface area contributed by atoms with Crippen LogP contribution in [0.2, 0.25) is 5.02 Å². The van der Waals surface area contributed by atoms with Crippen LogP contribution in [0.5, 0.6) is 11.5 Å². The van der Waals surface area contributed by atoms with Crippen molar-refractivity contribution in [3.63, 3.8) is 0 Å². The van der Waals surface area contributed by atoms with Gasteiger partial charge in [0.15, 0.2) is 17.3 Å². The van der Waals surface area contributed by atoms with Gasteiger partial charge in [-0.2, -0.15) is 0 Å². The van der Waals surface area contributed by atoms with Gasteiger partial charge in [-0.15, -0.1) is 0 Å². The number of methoxy groups -OCH3 is 2. The summed E-state index contributed by atoms with van der Waals surface area (Å²) in [6.07, 6.45) is 1.82. The van der Waals surface area contributed by atoms with Crippen molar-refractivity contribution in [2.75, 3.05) is 20.8 Å². The maximum Gasteiger partial charge on any atom is 0.290 e. The van der Waals surface area contributed by atoms with Crippen molar-refractivity contribution in [1.29, 1.82) is 0 Å². The molecule has 1 aromatic heterocycles. The number of amides is 1. The number of hydrogen-bond donors (Lipinski definition) is 0. The van der Waals surface area contributed by atoms with Crippen molar-refractivity contribution in [3.8, 4) is 22.8 Å². The molecule has 4 rings (SSSR count). The highest BCUT2D eigenvalue weighted by Crippen LogP contribution is 2.38. The van der Waals surface area contributed by atoms with E-state index in [1.165, 1.54) is 0 Å². The molecule has 0 saturated carbocycles. The predicted octanol–water partition coefficient (Wildman–Crippen LogP) is 5.59. The summed E-state index contributed by atoms with van der Waals surface area (Å²) in [4.78, 5) is 15.0. The SMILES string of the molecule is COc1ccc(C2CCCN2C(=O)c2ccc(-c3ccccc3Cl)o2)cc1OC. The van der Waals surface area contributed by atoms with Crippen LogP contribution in [-0.4, -0.2) is 31.6 Å². The molecule has 0 N–H and O–H groups in total. The van der Waals surface area contributed by atoms with E-state index in [1.807, 2.05) is 41.3 Å². The molecule has 1 unspecified atom stereocenters. The van der Waals surface area contributed by atoms with Crippen LogP contribution in [0.4, 0.5) is 0 Å². The number of carbonyl (C=O) groups excluding carboxylic acids is 1. The fraction of sp³-hybridized carbons (Fsp3) is 0.261. The fourth-order valence-electron chi connectivity index (χ4n) is 3.82. The highest BCUT2D eigenvalue weighted by atomic mass is 35.5. The number of nitrogens with zero attached hydrogens (tertiary/aromatic N) is 1. The van der Waals surface area contributed by atoms with E-state index in [4.69, 9.17) is 25.5 Å². The molecule has 1 amide bonds. The molecule has 1 saturated heterocycles. The van der Waals surface area contributed by atoms with Crippen LogP contribution in [0.1, 0.15) is 35.0 Å². The Morgan fingerprint density at radius 2 is 1.86 bits per heavy atom. The molecule has 3 aromatic rings. The Labute approximate surface area is 174 Å². The van der Waals surface area contributed by atoms with Crippen LogP contribution in [-0.2, 0) is 0 Å². The van der Waals surface area contributed by atoms with Gasteiger partial charge in [0.25, 0.3) is 5.91 Å². The number of benzene rings is 2. The van der Waals surface area contributed by atoms with E-state index in [9.17, 15) is 4.79 Å². The summed E-state index contributed by atoms with van der Waals surface area (Å²) >= 11 is 6.25. The van der Waals surface area contributed by atoms with Crippen molar-refractivity contribution in [2.24, 2.45) is 0 Å². The molecule has 1 atom stereocenters. The number of furan rings is 1. The molecule has 1 aliphatic heterocycles. The maximum atomic E-state index is 13.2. The molecule has 1 fully saturated rings. The largest absolute Gasteiger partial charge is 0.493 e. The van der Waals surface area contributed by atoms with Crippen LogP contribution >= 0.6 is 11.6 Å². The van der Waals surface area contributed by atoms with Crippen molar-refractivity contribution >= 4 is 17.5 Å². The lowest BCUT2D eigenvalue weighted by molar-refractivity contribution is 0.0704. The van der Waals surface area contributed by atoms with E-state index in [-0.39, 0.29) is 11.9 Å². The molecule has 2 heterocycles. The molecule has 29 heavy (non-hydrogen) atoms. The van der Waals surface area contributed by atoms with E-state index >= 15 is 0 Å². The number of ether oxygens (including phenoxy) is 2. The minimum absolute atomic E-state index is 0.0313. The normalized spacial score (nSPS) is 16.1. The summed E-state index contributed by atoms with van der Waals surface area (Å²) in [5, 5.41) is 0.588. The Morgan fingerprint density at radius 1 is 1.07 bits per heavy atom. The van der Waals surface area contributed by atoms with Gasteiger partial charge in [-0.3, -0.25) is 4.79 Å². The zero-order chi connectivity index (χ0) is 20.4. The van der Waals surface area contributed by atoms with Gasteiger partial charge in [0, 0.05) is 12.1 Å². The Morgan fingerprint density at radius 3 is 2.62 bits per heavy atom. The van der Waals surface area contributed by atoms with Crippen LogP contribution < -0.4 is 9.47 Å². The van der Waals surface area contributed by atoms with Gasteiger partial charge in [0.05, 0.1) is 25.3 Å². The first-order chi connectivity index (χ1) is 14.1. The van der Waals surface area contributed by atoms with E-state index in [0.29, 0.717) is 34.6 Å². The van der Waals surface area contributed by atoms with Crippen molar-refractivity contribution < 1.29 is 18.7 Å². The quantitative estimate of drug-likeness (QED) is 0.548. The number of rotatable bonds is 5. The first-order valence-corrected chi connectivity index (χ1v) is 9.88. The molecular weight excluding hydrogens is 390 g/mol. The Kier molecular flexibility index (Phi) is 5.49. The molecule has 0 bridgehead atoms. The Bertz CT molecular complexity index is 1030. The Balaban J connectivity index is 1.60. The fourth-order valence-corrected chi connectivity index (χ4v) is 4.05. The summed E-state index contributed by atoms with van der Waals surface area (Å²) in [7, 11) is 3.22. The van der Waals surface area contributed by atoms with E-state index in [2.05, 4.69) is 0 Å². The van der Waals surface area contributed by atoms with Gasteiger partial charge in [0.2, 0.25) is 0 Å². The lowest BCUT2D eigenvalue weighted by atomic mass is 10.0.